The Bertz CT molecular complexity index is 746. The van der Waals surface area contributed by atoms with Gasteiger partial charge >= 0.3 is 0 Å². The van der Waals surface area contributed by atoms with E-state index in [0.717, 1.165) is 63.7 Å². The molecule has 0 spiro atoms. The summed E-state index contributed by atoms with van der Waals surface area (Å²) in [5.74, 6) is 2.62. The van der Waals surface area contributed by atoms with Crippen molar-refractivity contribution in [2.75, 3.05) is 54.4 Å². The fourth-order valence-corrected chi connectivity index (χ4v) is 7.93. The Morgan fingerprint density at radius 2 is 0.700 bits per heavy atom. The molecule has 2 fully saturated rings. The molecule has 0 radical (unpaired) electrons. The second kappa shape index (κ2) is 34.9. The van der Waals surface area contributed by atoms with Crippen molar-refractivity contribution in [2.45, 2.75) is 205 Å². The summed E-state index contributed by atoms with van der Waals surface area (Å²) in [6.07, 6.45) is 42.6. The van der Waals surface area contributed by atoms with Crippen molar-refractivity contribution >= 4 is 11.8 Å². The third-order valence-corrected chi connectivity index (χ3v) is 11.2. The van der Waals surface area contributed by atoms with Crippen molar-refractivity contribution in [2.24, 2.45) is 11.8 Å². The van der Waals surface area contributed by atoms with Crippen LogP contribution in [0.25, 0.3) is 0 Å². The van der Waals surface area contributed by atoms with E-state index >= 15 is 0 Å². The normalized spacial score (nSPS) is 15.2. The van der Waals surface area contributed by atoms with Crippen molar-refractivity contribution in [1.82, 2.24) is 20.4 Å². The van der Waals surface area contributed by atoms with Gasteiger partial charge in [-0.2, -0.15) is 0 Å². The molecule has 0 bridgehead atoms. The van der Waals surface area contributed by atoms with Crippen LogP contribution in [-0.4, -0.2) is 76.0 Å². The minimum Gasteiger partial charge on any atom is -0.356 e. The van der Waals surface area contributed by atoms with E-state index in [-0.39, 0.29) is 11.8 Å². The molecule has 2 aliphatic carbocycles. The molecular weight excluding hydrogens is 617 g/mol. The lowest BCUT2D eigenvalue weighted by Gasteiger charge is -2.09. The van der Waals surface area contributed by atoms with Gasteiger partial charge in [0.15, 0.2) is 0 Å². The zero-order valence-electron chi connectivity index (χ0n) is 34.3. The van der Waals surface area contributed by atoms with Crippen LogP contribution in [0, 0.1) is 11.8 Å². The van der Waals surface area contributed by atoms with Crippen LogP contribution in [0.4, 0.5) is 0 Å². The summed E-state index contributed by atoms with van der Waals surface area (Å²) < 4.78 is 0. The van der Waals surface area contributed by atoms with Gasteiger partial charge in [-0.1, -0.05) is 167 Å². The van der Waals surface area contributed by atoms with Gasteiger partial charge in [0.05, 0.1) is 0 Å². The maximum Gasteiger partial charge on any atom is 0.219 e. The largest absolute Gasteiger partial charge is 0.356 e. The highest BCUT2D eigenvalue weighted by atomic mass is 16.2. The average molecular weight is 705 g/mol. The van der Waals surface area contributed by atoms with Crippen LogP contribution in [0.2, 0.25) is 0 Å². The molecule has 0 aromatic carbocycles. The maximum atomic E-state index is 11.7. The summed E-state index contributed by atoms with van der Waals surface area (Å²) in [5.41, 5.74) is 0. The van der Waals surface area contributed by atoms with Crippen molar-refractivity contribution < 1.29 is 9.59 Å². The quantitative estimate of drug-likeness (QED) is 0.0684. The summed E-state index contributed by atoms with van der Waals surface area (Å²) in [7, 11) is 8.27. The van der Waals surface area contributed by atoms with Crippen molar-refractivity contribution in [3.8, 4) is 0 Å². The lowest BCUT2D eigenvalue weighted by atomic mass is 9.99. The number of hydrogen-bond donors (Lipinski definition) is 2. The van der Waals surface area contributed by atoms with Gasteiger partial charge in [-0.25, -0.2) is 0 Å². The summed E-state index contributed by atoms with van der Waals surface area (Å²) in [6, 6.07) is 0. The Kier molecular flexibility index (Phi) is 32.7. The number of carbonyl (C=O) groups is 2. The number of unbranched alkanes of at least 4 members (excludes halogenated alkanes) is 16. The standard InChI is InChI=1S/C23H46N2O.C21H42N2O/c1-25(2)21-15-20-24-23(26)19-12-10-8-6-4-3-5-7-9-11-16-22-17-13-14-18-22;1-23(2)19-13-18-22-21(24)17-10-8-6-4-3-5-7-9-14-20-15-11-12-16-20/h22H,3-21H2,1-2H3,(H,24,26);20H,3-19H2,1-2H3,(H,22,24). The second-order valence-corrected chi connectivity index (χ2v) is 16.8. The molecule has 0 saturated heterocycles. The summed E-state index contributed by atoms with van der Waals surface area (Å²) in [4.78, 5) is 27.7. The first-order valence-corrected chi connectivity index (χ1v) is 22.2. The summed E-state index contributed by atoms with van der Waals surface area (Å²) in [5, 5.41) is 6.05. The van der Waals surface area contributed by atoms with E-state index in [1.807, 2.05) is 0 Å². The Balaban J connectivity index is 0.000000502. The number of rotatable bonds is 32. The minimum absolute atomic E-state index is 0.237. The molecule has 0 aromatic rings. The molecule has 0 aromatic heterocycles. The number of carbonyl (C=O) groups excluding carboxylic acids is 2. The van der Waals surface area contributed by atoms with Gasteiger partial charge in [0.2, 0.25) is 11.8 Å². The van der Waals surface area contributed by atoms with Gasteiger partial charge in [-0.05, 0) is 78.8 Å². The van der Waals surface area contributed by atoms with Crippen LogP contribution in [-0.2, 0) is 9.59 Å². The fourth-order valence-electron chi connectivity index (χ4n) is 7.93. The van der Waals surface area contributed by atoms with Crippen molar-refractivity contribution in [3.63, 3.8) is 0 Å². The summed E-state index contributed by atoms with van der Waals surface area (Å²) >= 11 is 0. The smallest absolute Gasteiger partial charge is 0.219 e. The Morgan fingerprint density at radius 1 is 0.420 bits per heavy atom. The zero-order chi connectivity index (χ0) is 36.3. The molecule has 6 nitrogen and oxygen atoms in total. The molecule has 0 heterocycles. The first kappa shape index (κ1) is 46.9. The minimum atomic E-state index is 0.237. The molecule has 296 valence electrons. The van der Waals surface area contributed by atoms with Crippen LogP contribution in [0.5, 0.6) is 0 Å². The lowest BCUT2D eigenvalue weighted by Crippen LogP contribution is -2.26. The third kappa shape index (κ3) is 32.7. The van der Waals surface area contributed by atoms with Gasteiger partial charge in [0.25, 0.3) is 0 Å². The molecule has 2 saturated carbocycles. The Hall–Kier alpha value is -1.14. The SMILES string of the molecule is CN(C)CCCNC(=O)CCCCCCCCCCC1CCCC1.CN(C)CCCNC(=O)CCCCCCCCCCCCC1CCCC1. The molecule has 50 heavy (non-hydrogen) atoms. The van der Waals surface area contributed by atoms with E-state index in [1.54, 1.807) is 0 Å². The number of nitrogens with one attached hydrogen (secondary N) is 2. The highest BCUT2D eigenvalue weighted by Crippen LogP contribution is 2.30. The van der Waals surface area contributed by atoms with Crippen LogP contribution in [0.3, 0.4) is 0 Å². The predicted octanol–water partition coefficient (Wildman–Crippen LogP) is 11.1. The lowest BCUT2D eigenvalue weighted by molar-refractivity contribution is -0.122. The Morgan fingerprint density at radius 3 is 1.00 bits per heavy atom. The molecule has 0 atom stereocenters. The molecule has 6 heteroatoms. The van der Waals surface area contributed by atoms with Gasteiger partial charge in [-0.3, -0.25) is 9.59 Å². The first-order chi connectivity index (χ1) is 24.4. The molecule has 2 amide bonds. The van der Waals surface area contributed by atoms with E-state index in [2.05, 4.69) is 48.6 Å². The van der Waals surface area contributed by atoms with Crippen molar-refractivity contribution in [1.29, 1.82) is 0 Å². The van der Waals surface area contributed by atoms with Gasteiger partial charge in [-0.15, -0.1) is 0 Å². The molecule has 0 aliphatic heterocycles. The van der Waals surface area contributed by atoms with E-state index in [0.29, 0.717) is 12.8 Å². The summed E-state index contributed by atoms with van der Waals surface area (Å²) in [6.45, 7) is 3.72. The van der Waals surface area contributed by atoms with Gasteiger partial charge in [0, 0.05) is 25.9 Å². The highest BCUT2D eigenvalue weighted by molar-refractivity contribution is 5.76. The molecule has 2 rings (SSSR count). The first-order valence-electron chi connectivity index (χ1n) is 22.2. The van der Waals surface area contributed by atoms with Crippen LogP contribution in [0.15, 0.2) is 0 Å². The zero-order valence-corrected chi connectivity index (χ0v) is 34.3. The van der Waals surface area contributed by atoms with E-state index in [1.165, 1.54) is 167 Å². The van der Waals surface area contributed by atoms with E-state index in [9.17, 15) is 9.59 Å². The second-order valence-electron chi connectivity index (χ2n) is 16.8. The molecular formula is C44H88N4O2. The fraction of sp³-hybridized carbons (Fsp3) is 0.955. The van der Waals surface area contributed by atoms with E-state index < -0.39 is 0 Å². The average Bonchev–Trinajstić information content (AvgIpc) is 3.82. The van der Waals surface area contributed by atoms with Gasteiger partial charge < -0.3 is 20.4 Å². The third-order valence-electron chi connectivity index (χ3n) is 11.2. The molecule has 2 N–H and O–H groups in total. The monoisotopic (exact) mass is 705 g/mol. The topological polar surface area (TPSA) is 64.7 Å². The number of hydrogen-bond acceptors (Lipinski definition) is 4. The van der Waals surface area contributed by atoms with Crippen LogP contribution < -0.4 is 10.6 Å². The van der Waals surface area contributed by atoms with E-state index in [4.69, 9.17) is 0 Å². The van der Waals surface area contributed by atoms with Gasteiger partial charge in [0.1, 0.15) is 0 Å². The van der Waals surface area contributed by atoms with Crippen LogP contribution >= 0.6 is 0 Å². The molecule has 2 aliphatic rings. The highest BCUT2D eigenvalue weighted by Gasteiger charge is 2.14. The number of amides is 2. The van der Waals surface area contributed by atoms with Crippen molar-refractivity contribution in [3.05, 3.63) is 0 Å². The predicted molar refractivity (Wildman–Crippen MR) is 218 cm³/mol. The molecule has 0 unspecified atom stereocenters. The Labute approximate surface area is 312 Å². The number of nitrogens with zero attached hydrogens (tertiary/aromatic N) is 2. The van der Waals surface area contributed by atoms with Crippen LogP contribution in [0.1, 0.15) is 205 Å². The maximum absolute atomic E-state index is 11.7.